The highest BCUT2D eigenvalue weighted by Crippen LogP contribution is 2.32. The van der Waals surface area contributed by atoms with Crippen LogP contribution in [0, 0.1) is 13.8 Å². The molecule has 1 N–H and O–H groups in total. The van der Waals surface area contributed by atoms with Crippen molar-refractivity contribution in [2.75, 3.05) is 0 Å². The normalized spacial score (nSPS) is 11.6. The third-order valence-electron chi connectivity index (χ3n) is 3.75. The minimum absolute atomic E-state index is 0.199. The average Bonchev–Trinajstić information content (AvgIpc) is 2.95. The van der Waals surface area contributed by atoms with E-state index in [0.29, 0.717) is 5.02 Å². The fourth-order valence-corrected chi connectivity index (χ4v) is 4.71. The van der Waals surface area contributed by atoms with Gasteiger partial charge in [-0.25, -0.2) is 18.1 Å². The van der Waals surface area contributed by atoms with Crippen molar-refractivity contribution < 1.29 is 8.42 Å². The van der Waals surface area contributed by atoms with Crippen molar-refractivity contribution in [1.82, 2.24) is 9.71 Å². The Morgan fingerprint density at radius 1 is 1.08 bits per heavy atom. The van der Waals surface area contributed by atoms with Crippen molar-refractivity contribution in [3.05, 3.63) is 69.7 Å². The number of aromatic nitrogens is 1. The molecular formula is C18H17ClN2O2S2. The zero-order valence-electron chi connectivity index (χ0n) is 13.8. The molecule has 25 heavy (non-hydrogen) atoms. The molecule has 0 aliphatic rings. The molecule has 1 heterocycles. The summed E-state index contributed by atoms with van der Waals surface area (Å²) in [6.45, 7) is 3.98. The number of thiazole rings is 1. The molecule has 0 fully saturated rings. The lowest BCUT2D eigenvalue weighted by atomic mass is 10.2. The zero-order valence-corrected chi connectivity index (χ0v) is 16.2. The number of nitrogens with zero attached hydrogens (tertiary/aromatic N) is 1. The Balaban J connectivity index is 1.80. The van der Waals surface area contributed by atoms with Crippen LogP contribution >= 0.6 is 22.9 Å². The summed E-state index contributed by atoms with van der Waals surface area (Å²) in [5.41, 5.74) is 2.66. The fourth-order valence-electron chi connectivity index (χ4n) is 2.30. The Hall–Kier alpha value is -1.73. The Morgan fingerprint density at radius 2 is 1.76 bits per heavy atom. The van der Waals surface area contributed by atoms with Crippen molar-refractivity contribution in [2.24, 2.45) is 0 Å². The van der Waals surface area contributed by atoms with Gasteiger partial charge in [0.2, 0.25) is 10.0 Å². The third-order valence-corrected chi connectivity index (χ3v) is 6.69. The van der Waals surface area contributed by atoms with Crippen LogP contribution in [0.2, 0.25) is 5.02 Å². The van der Waals surface area contributed by atoms with Crippen LogP contribution in [0.4, 0.5) is 0 Å². The first-order valence-corrected chi connectivity index (χ1v) is 10.3. The standard InChI is InChI=1S/C18H17ClN2O2S2/c1-12-7-9-14(10-8-12)25(22,23)20-11-17-13(2)21-18(24-17)15-5-3-4-6-16(15)19/h3-10,20H,11H2,1-2H3. The van der Waals surface area contributed by atoms with Crippen LogP contribution < -0.4 is 4.72 Å². The molecule has 0 spiro atoms. The van der Waals surface area contributed by atoms with Gasteiger partial charge in [0.05, 0.1) is 15.6 Å². The molecule has 3 aromatic rings. The predicted molar refractivity (Wildman–Crippen MR) is 103 cm³/mol. The number of hydrogen-bond acceptors (Lipinski definition) is 4. The minimum Gasteiger partial charge on any atom is -0.241 e. The van der Waals surface area contributed by atoms with Crippen LogP contribution in [0.5, 0.6) is 0 Å². The molecule has 3 rings (SSSR count). The number of rotatable bonds is 5. The molecule has 0 saturated heterocycles. The third kappa shape index (κ3) is 4.10. The van der Waals surface area contributed by atoms with Crippen molar-refractivity contribution >= 4 is 33.0 Å². The van der Waals surface area contributed by atoms with Gasteiger partial charge in [-0.15, -0.1) is 11.3 Å². The molecule has 0 aliphatic carbocycles. The molecule has 0 unspecified atom stereocenters. The van der Waals surface area contributed by atoms with Crippen LogP contribution in [0.25, 0.3) is 10.6 Å². The zero-order chi connectivity index (χ0) is 18.0. The molecule has 2 aromatic carbocycles. The van der Waals surface area contributed by atoms with Gasteiger partial charge in [-0.05, 0) is 32.0 Å². The van der Waals surface area contributed by atoms with Gasteiger partial charge in [-0.2, -0.15) is 0 Å². The second-order valence-electron chi connectivity index (χ2n) is 5.65. The number of hydrogen-bond donors (Lipinski definition) is 1. The average molecular weight is 393 g/mol. The van der Waals surface area contributed by atoms with Crippen LogP contribution in [-0.4, -0.2) is 13.4 Å². The van der Waals surface area contributed by atoms with Gasteiger partial charge in [0.25, 0.3) is 0 Å². The second kappa shape index (κ2) is 7.25. The van der Waals surface area contributed by atoms with Crippen LogP contribution in [-0.2, 0) is 16.6 Å². The topological polar surface area (TPSA) is 59.1 Å². The Bertz CT molecular complexity index is 996. The number of benzene rings is 2. The van der Waals surface area contributed by atoms with Crippen molar-refractivity contribution in [3.63, 3.8) is 0 Å². The lowest BCUT2D eigenvalue weighted by molar-refractivity contribution is 0.581. The highest BCUT2D eigenvalue weighted by atomic mass is 35.5. The minimum atomic E-state index is -3.55. The van der Waals surface area contributed by atoms with Crippen molar-refractivity contribution in [3.8, 4) is 10.6 Å². The second-order valence-corrected chi connectivity index (χ2v) is 8.90. The van der Waals surface area contributed by atoms with Gasteiger partial charge in [0.15, 0.2) is 0 Å². The maximum Gasteiger partial charge on any atom is 0.240 e. The number of aryl methyl sites for hydroxylation is 2. The summed E-state index contributed by atoms with van der Waals surface area (Å²) in [4.78, 5) is 5.65. The highest BCUT2D eigenvalue weighted by Gasteiger charge is 2.16. The molecule has 130 valence electrons. The monoisotopic (exact) mass is 392 g/mol. The first-order chi connectivity index (χ1) is 11.9. The van der Waals surface area contributed by atoms with E-state index in [-0.39, 0.29) is 11.4 Å². The predicted octanol–water partition coefficient (Wildman–Crippen LogP) is 4.56. The van der Waals surface area contributed by atoms with Gasteiger partial charge in [0, 0.05) is 17.0 Å². The smallest absolute Gasteiger partial charge is 0.240 e. The van der Waals surface area contributed by atoms with Gasteiger partial charge in [0.1, 0.15) is 5.01 Å². The van der Waals surface area contributed by atoms with Crippen LogP contribution in [0.3, 0.4) is 0 Å². The number of sulfonamides is 1. The molecule has 0 aliphatic heterocycles. The molecule has 1 aromatic heterocycles. The Labute approximate surface area is 156 Å². The molecule has 4 nitrogen and oxygen atoms in total. The van der Waals surface area contributed by atoms with Crippen LogP contribution in [0.1, 0.15) is 16.1 Å². The highest BCUT2D eigenvalue weighted by molar-refractivity contribution is 7.89. The van der Waals surface area contributed by atoms with Crippen LogP contribution in [0.15, 0.2) is 53.4 Å². The first kappa shape index (κ1) is 18.1. The summed E-state index contributed by atoms with van der Waals surface area (Å²) in [6, 6.07) is 14.2. The molecule has 0 saturated carbocycles. The molecular weight excluding hydrogens is 376 g/mol. The molecule has 7 heteroatoms. The fraction of sp³-hybridized carbons (Fsp3) is 0.167. The largest absolute Gasteiger partial charge is 0.241 e. The van der Waals surface area contributed by atoms with E-state index in [0.717, 1.165) is 26.7 Å². The lowest BCUT2D eigenvalue weighted by Crippen LogP contribution is -2.23. The van der Waals surface area contributed by atoms with E-state index in [2.05, 4.69) is 9.71 Å². The summed E-state index contributed by atoms with van der Waals surface area (Å²) < 4.78 is 27.5. The molecule has 0 bridgehead atoms. The van der Waals surface area contributed by atoms with E-state index >= 15 is 0 Å². The first-order valence-electron chi connectivity index (χ1n) is 7.64. The van der Waals surface area contributed by atoms with E-state index in [4.69, 9.17) is 11.6 Å². The molecule has 0 radical (unpaired) electrons. The Kier molecular flexibility index (Phi) is 5.24. The summed E-state index contributed by atoms with van der Waals surface area (Å²) in [5, 5.41) is 1.41. The summed E-state index contributed by atoms with van der Waals surface area (Å²) in [7, 11) is -3.55. The van der Waals surface area contributed by atoms with E-state index in [9.17, 15) is 8.42 Å². The van der Waals surface area contributed by atoms with Gasteiger partial charge >= 0.3 is 0 Å². The van der Waals surface area contributed by atoms with E-state index < -0.39 is 10.0 Å². The maximum atomic E-state index is 12.4. The summed E-state index contributed by atoms with van der Waals surface area (Å²) in [5.74, 6) is 0. The summed E-state index contributed by atoms with van der Waals surface area (Å²) in [6.07, 6.45) is 0. The van der Waals surface area contributed by atoms with E-state index in [1.54, 1.807) is 24.3 Å². The van der Waals surface area contributed by atoms with E-state index in [1.165, 1.54) is 11.3 Å². The lowest BCUT2D eigenvalue weighted by Gasteiger charge is -2.06. The van der Waals surface area contributed by atoms with E-state index in [1.807, 2.05) is 38.1 Å². The Morgan fingerprint density at radius 3 is 2.44 bits per heavy atom. The molecule has 0 atom stereocenters. The van der Waals surface area contributed by atoms with Gasteiger partial charge in [-0.3, -0.25) is 0 Å². The SMILES string of the molecule is Cc1ccc(S(=O)(=O)NCc2sc(-c3ccccc3Cl)nc2C)cc1. The van der Waals surface area contributed by atoms with Gasteiger partial charge < -0.3 is 0 Å². The quantitative estimate of drug-likeness (QED) is 0.692. The number of halogens is 1. The van der Waals surface area contributed by atoms with Gasteiger partial charge in [-0.1, -0.05) is 47.5 Å². The number of nitrogens with one attached hydrogen (secondary N) is 1. The van der Waals surface area contributed by atoms with Crippen molar-refractivity contribution in [1.29, 1.82) is 0 Å². The molecule has 0 amide bonds. The summed E-state index contributed by atoms with van der Waals surface area (Å²) >= 11 is 7.66. The van der Waals surface area contributed by atoms with Crippen molar-refractivity contribution in [2.45, 2.75) is 25.3 Å². The maximum absolute atomic E-state index is 12.4.